The van der Waals surface area contributed by atoms with Crippen LogP contribution in [0.2, 0.25) is 0 Å². The van der Waals surface area contributed by atoms with Crippen molar-refractivity contribution in [2.45, 2.75) is 45.6 Å². The zero-order chi connectivity index (χ0) is 15.6. The van der Waals surface area contributed by atoms with Gasteiger partial charge in [0.05, 0.1) is 5.69 Å². The van der Waals surface area contributed by atoms with Crippen molar-refractivity contribution >= 4 is 16.5 Å². The van der Waals surface area contributed by atoms with Crippen molar-refractivity contribution in [1.29, 1.82) is 0 Å². The lowest BCUT2D eigenvalue weighted by Gasteiger charge is -2.33. The number of anilines is 1. The van der Waals surface area contributed by atoms with Crippen molar-refractivity contribution in [3.05, 3.63) is 10.6 Å². The summed E-state index contributed by atoms with van der Waals surface area (Å²) in [6.45, 7) is 10.7. The van der Waals surface area contributed by atoms with Crippen LogP contribution in [0.1, 0.15) is 44.2 Å². The van der Waals surface area contributed by atoms with Crippen LogP contribution >= 0.6 is 11.3 Å². The van der Waals surface area contributed by atoms with Crippen molar-refractivity contribution in [1.82, 2.24) is 9.88 Å². The lowest BCUT2D eigenvalue weighted by Crippen LogP contribution is -2.37. The van der Waals surface area contributed by atoms with E-state index in [1.807, 2.05) is 0 Å². The van der Waals surface area contributed by atoms with E-state index in [4.69, 9.17) is 10.7 Å². The maximum absolute atomic E-state index is 5.91. The molecule has 0 bridgehead atoms. The molecule has 120 valence electrons. The molecule has 2 N–H and O–H groups in total. The predicted octanol–water partition coefficient (Wildman–Crippen LogP) is 2.68. The van der Waals surface area contributed by atoms with Crippen LogP contribution in [0.15, 0.2) is 0 Å². The Morgan fingerprint density at radius 2 is 1.90 bits per heavy atom. The van der Waals surface area contributed by atoms with Gasteiger partial charge in [0.1, 0.15) is 0 Å². The molecule has 0 spiro atoms. The summed E-state index contributed by atoms with van der Waals surface area (Å²) >= 11 is 1.79. The summed E-state index contributed by atoms with van der Waals surface area (Å²) in [5.74, 6) is 0.826. The average molecular weight is 311 g/mol. The molecule has 1 aromatic rings. The molecule has 1 aliphatic rings. The van der Waals surface area contributed by atoms with Crippen molar-refractivity contribution in [3.63, 3.8) is 0 Å². The van der Waals surface area contributed by atoms with Gasteiger partial charge in [-0.2, -0.15) is 0 Å². The highest BCUT2D eigenvalue weighted by Gasteiger charge is 2.26. The van der Waals surface area contributed by atoms with Gasteiger partial charge < -0.3 is 15.5 Å². The van der Waals surface area contributed by atoms with Gasteiger partial charge >= 0.3 is 0 Å². The number of nitrogens with zero attached hydrogens (tertiary/aromatic N) is 3. The van der Waals surface area contributed by atoms with Gasteiger partial charge in [-0.1, -0.05) is 20.8 Å². The Morgan fingerprint density at radius 3 is 2.33 bits per heavy atom. The van der Waals surface area contributed by atoms with Crippen molar-refractivity contribution in [2.24, 2.45) is 11.7 Å². The SMILES string of the molecule is CN(C)CC1CCN(c2nc(C(C)(C)C)c(CN)s2)CC1. The molecule has 0 aliphatic carbocycles. The smallest absolute Gasteiger partial charge is 0.185 e. The summed E-state index contributed by atoms with van der Waals surface area (Å²) in [6.07, 6.45) is 2.53. The molecule has 0 unspecified atom stereocenters. The maximum Gasteiger partial charge on any atom is 0.185 e. The first-order valence-electron chi connectivity index (χ1n) is 7.91. The molecule has 2 heterocycles. The van der Waals surface area contributed by atoms with E-state index in [1.165, 1.54) is 35.1 Å². The van der Waals surface area contributed by atoms with Gasteiger partial charge in [0.25, 0.3) is 0 Å². The third-order valence-corrected chi connectivity index (χ3v) is 5.23. The van der Waals surface area contributed by atoms with E-state index in [9.17, 15) is 0 Å². The van der Waals surface area contributed by atoms with E-state index in [0.717, 1.165) is 19.0 Å². The fourth-order valence-corrected chi connectivity index (χ4v) is 4.22. The molecule has 21 heavy (non-hydrogen) atoms. The van der Waals surface area contributed by atoms with E-state index in [0.29, 0.717) is 6.54 Å². The highest BCUT2D eigenvalue weighted by Crippen LogP contribution is 2.35. The normalized spacial score (nSPS) is 17.8. The molecule has 0 saturated carbocycles. The second-order valence-electron chi connectivity index (χ2n) is 7.42. The molecule has 5 heteroatoms. The van der Waals surface area contributed by atoms with E-state index in [1.54, 1.807) is 11.3 Å². The third-order valence-electron chi connectivity index (χ3n) is 4.09. The summed E-state index contributed by atoms with van der Waals surface area (Å²) in [7, 11) is 4.33. The Bertz CT molecular complexity index is 453. The summed E-state index contributed by atoms with van der Waals surface area (Å²) in [4.78, 5) is 10.9. The molecule has 4 nitrogen and oxygen atoms in total. The zero-order valence-electron chi connectivity index (χ0n) is 14.1. The topological polar surface area (TPSA) is 45.4 Å². The van der Waals surface area contributed by atoms with Crippen LogP contribution in [0.3, 0.4) is 0 Å². The molecule has 2 rings (SSSR count). The first kappa shape index (κ1) is 16.7. The Labute approximate surface area is 133 Å². The molecule has 0 radical (unpaired) electrons. The minimum Gasteiger partial charge on any atom is -0.348 e. The molecule has 1 saturated heterocycles. The molecular weight excluding hydrogens is 280 g/mol. The molecule has 0 amide bonds. The Kier molecular flexibility index (Phi) is 5.28. The molecule has 0 atom stereocenters. The van der Waals surface area contributed by atoms with Crippen molar-refractivity contribution < 1.29 is 0 Å². The van der Waals surface area contributed by atoms with Gasteiger partial charge in [-0.25, -0.2) is 4.98 Å². The summed E-state index contributed by atoms with van der Waals surface area (Å²) < 4.78 is 0. The molecule has 1 aliphatic heterocycles. The van der Waals surface area contributed by atoms with Gasteiger partial charge in [-0.15, -0.1) is 11.3 Å². The number of thiazole rings is 1. The van der Waals surface area contributed by atoms with Gasteiger partial charge in [0.2, 0.25) is 0 Å². The monoisotopic (exact) mass is 310 g/mol. The van der Waals surface area contributed by atoms with Gasteiger partial charge in [0.15, 0.2) is 5.13 Å². The van der Waals surface area contributed by atoms with Crippen LogP contribution in [0.4, 0.5) is 5.13 Å². The average Bonchev–Trinajstić information content (AvgIpc) is 2.83. The number of piperidine rings is 1. The lowest BCUT2D eigenvalue weighted by atomic mass is 9.91. The van der Waals surface area contributed by atoms with Crippen LogP contribution < -0.4 is 10.6 Å². The van der Waals surface area contributed by atoms with Gasteiger partial charge in [-0.05, 0) is 32.9 Å². The second kappa shape index (κ2) is 6.63. The van der Waals surface area contributed by atoms with Crippen LogP contribution in [-0.2, 0) is 12.0 Å². The van der Waals surface area contributed by atoms with Crippen LogP contribution in [-0.4, -0.2) is 43.6 Å². The zero-order valence-corrected chi connectivity index (χ0v) is 15.0. The number of hydrogen-bond acceptors (Lipinski definition) is 5. The first-order valence-corrected chi connectivity index (χ1v) is 8.73. The van der Waals surface area contributed by atoms with Crippen LogP contribution in [0.5, 0.6) is 0 Å². The molecule has 1 aromatic heterocycles. The quantitative estimate of drug-likeness (QED) is 0.929. The number of hydrogen-bond donors (Lipinski definition) is 1. The Balaban J connectivity index is 2.05. The third kappa shape index (κ3) is 4.18. The maximum atomic E-state index is 5.91. The minimum atomic E-state index is 0.0761. The Morgan fingerprint density at radius 1 is 1.29 bits per heavy atom. The van der Waals surface area contributed by atoms with Crippen molar-refractivity contribution in [3.8, 4) is 0 Å². The molecule has 0 aromatic carbocycles. The Hall–Kier alpha value is -0.650. The number of nitrogens with two attached hydrogens (primary N) is 1. The summed E-state index contributed by atoms with van der Waals surface area (Å²) in [5.41, 5.74) is 7.17. The fraction of sp³-hybridized carbons (Fsp3) is 0.812. The fourth-order valence-electron chi connectivity index (χ4n) is 3.02. The highest BCUT2D eigenvalue weighted by molar-refractivity contribution is 7.15. The van der Waals surface area contributed by atoms with Crippen LogP contribution in [0.25, 0.3) is 0 Å². The first-order chi connectivity index (χ1) is 9.81. The highest BCUT2D eigenvalue weighted by atomic mass is 32.1. The summed E-state index contributed by atoms with van der Waals surface area (Å²) in [6, 6.07) is 0. The lowest BCUT2D eigenvalue weighted by molar-refractivity contribution is 0.285. The standard InChI is InChI=1S/C16H30N4S/c1-16(2,3)14-13(10-17)21-15(18-14)20-8-6-12(7-9-20)11-19(4)5/h12H,6-11,17H2,1-5H3. The second-order valence-corrected chi connectivity index (χ2v) is 8.48. The summed E-state index contributed by atoms with van der Waals surface area (Å²) in [5, 5.41) is 1.17. The van der Waals surface area contributed by atoms with Crippen LogP contribution in [0, 0.1) is 5.92 Å². The van der Waals surface area contributed by atoms with E-state index in [-0.39, 0.29) is 5.41 Å². The minimum absolute atomic E-state index is 0.0761. The van der Waals surface area contributed by atoms with Gasteiger partial charge in [0, 0.05) is 36.5 Å². The molecular formula is C16H30N4S. The van der Waals surface area contributed by atoms with Gasteiger partial charge in [-0.3, -0.25) is 0 Å². The molecule has 1 fully saturated rings. The van der Waals surface area contributed by atoms with E-state index < -0.39 is 0 Å². The van der Waals surface area contributed by atoms with Crippen molar-refractivity contribution in [2.75, 3.05) is 38.6 Å². The predicted molar refractivity (Wildman–Crippen MR) is 92.2 cm³/mol. The largest absolute Gasteiger partial charge is 0.348 e. The van der Waals surface area contributed by atoms with E-state index in [2.05, 4.69) is 44.7 Å². The van der Waals surface area contributed by atoms with E-state index >= 15 is 0 Å². The number of rotatable bonds is 4. The number of aromatic nitrogens is 1.